The summed E-state index contributed by atoms with van der Waals surface area (Å²) >= 11 is 0. The van der Waals surface area contributed by atoms with Crippen molar-refractivity contribution in [1.29, 1.82) is 0 Å². The zero-order valence-corrected chi connectivity index (χ0v) is 18.4. The fourth-order valence-electron chi connectivity index (χ4n) is 3.23. The largest absolute Gasteiger partial charge is 0.356 e. The van der Waals surface area contributed by atoms with Gasteiger partial charge in [-0.25, -0.2) is 0 Å². The molecule has 0 radical (unpaired) electrons. The molecule has 27 heavy (non-hydrogen) atoms. The van der Waals surface area contributed by atoms with E-state index in [1.165, 1.54) is 31.2 Å². The van der Waals surface area contributed by atoms with Gasteiger partial charge in [0.05, 0.1) is 12.7 Å². The lowest BCUT2D eigenvalue weighted by Crippen LogP contribution is -2.37. The first-order valence-corrected chi connectivity index (χ1v) is 9.51. The summed E-state index contributed by atoms with van der Waals surface area (Å²) in [5.74, 6) is 0.845. The van der Waals surface area contributed by atoms with Crippen LogP contribution in [0.4, 0.5) is 0 Å². The maximum Gasteiger partial charge on any atom is 0.191 e. The molecular formula is C21H30IN5. The van der Waals surface area contributed by atoms with Gasteiger partial charge in [0.15, 0.2) is 5.96 Å². The minimum absolute atomic E-state index is 0. The van der Waals surface area contributed by atoms with Crippen molar-refractivity contribution in [1.82, 2.24) is 20.4 Å². The lowest BCUT2D eigenvalue weighted by molar-refractivity contribution is 0.665. The molecule has 5 nitrogen and oxygen atoms in total. The Balaban J connectivity index is 0.00000261. The van der Waals surface area contributed by atoms with Crippen molar-refractivity contribution in [3.63, 3.8) is 0 Å². The number of aliphatic imine (C=N–C) groups is 1. The second-order valence-electron chi connectivity index (χ2n) is 6.74. The molecule has 146 valence electrons. The molecular weight excluding hydrogens is 449 g/mol. The fourth-order valence-corrected chi connectivity index (χ4v) is 3.23. The van der Waals surface area contributed by atoms with Crippen molar-refractivity contribution >= 4 is 29.9 Å². The first kappa shape index (κ1) is 21.5. The number of nitrogens with zero attached hydrogens (tertiary/aromatic N) is 3. The van der Waals surface area contributed by atoms with E-state index in [0.717, 1.165) is 37.6 Å². The zero-order valence-electron chi connectivity index (χ0n) is 16.0. The third-order valence-corrected chi connectivity index (χ3v) is 4.68. The number of hydrogen-bond acceptors (Lipinski definition) is 2. The van der Waals surface area contributed by atoms with Crippen LogP contribution in [-0.2, 0) is 13.1 Å². The van der Waals surface area contributed by atoms with Crippen LogP contribution >= 0.6 is 24.0 Å². The Labute approximate surface area is 179 Å². The summed E-state index contributed by atoms with van der Waals surface area (Å²) < 4.78 is 1.97. The van der Waals surface area contributed by atoms with Gasteiger partial charge in [0, 0.05) is 31.9 Å². The van der Waals surface area contributed by atoms with Gasteiger partial charge in [-0.15, -0.1) is 24.0 Å². The molecule has 3 rings (SSSR count). The molecule has 0 unspecified atom stereocenters. The first-order chi connectivity index (χ1) is 12.8. The molecule has 2 N–H and O–H groups in total. The number of aromatic nitrogens is 2. The van der Waals surface area contributed by atoms with E-state index in [9.17, 15) is 0 Å². The first-order valence-electron chi connectivity index (χ1n) is 9.51. The maximum absolute atomic E-state index is 4.45. The lowest BCUT2D eigenvalue weighted by Gasteiger charge is -2.15. The van der Waals surface area contributed by atoms with Crippen LogP contribution in [0.1, 0.15) is 43.2 Å². The van der Waals surface area contributed by atoms with Crippen LogP contribution in [0.5, 0.6) is 0 Å². The van der Waals surface area contributed by atoms with Gasteiger partial charge >= 0.3 is 0 Å². The molecule has 0 aliphatic heterocycles. The van der Waals surface area contributed by atoms with Crippen LogP contribution < -0.4 is 10.6 Å². The Morgan fingerprint density at radius 3 is 2.74 bits per heavy atom. The summed E-state index contributed by atoms with van der Waals surface area (Å²) in [6.45, 7) is 2.44. The van der Waals surface area contributed by atoms with Gasteiger partial charge in [0.1, 0.15) is 0 Å². The predicted molar refractivity (Wildman–Crippen MR) is 123 cm³/mol. The molecule has 0 fully saturated rings. The second kappa shape index (κ2) is 11.8. The zero-order chi connectivity index (χ0) is 18.0. The van der Waals surface area contributed by atoms with Crippen LogP contribution in [0, 0.1) is 0 Å². The standard InChI is InChI=1S/C21H29N5.HI/c1-22-21(23-13-12-18-8-4-2-5-9-18)24-14-20-15-25-26(17-20)16-19-10-6-3-7-11-19;/h3,6-8,10-11,15,17H,2,4-5,9,12-14,16H2,1H3,(H2,22,23,24);1H. The predicted octanol–water partition coefficient (Wildman–Crippen LogP) is 4.10. The second-order valence-corrected chi connectivity index (χ2v) is 6.74. The van der Waals surface area contributed by atoms with E-state index in [0.29, 0.717) is 0 Å². The van der Waals surface area contributed by atoms with Crippen molar-refractivity contribution < 1.29 is 0 Å². The number of rotatable bonds is 7. The SMILES string of the molecule is CN=C(NCCC1=CCCCC1)NCc1cnn(Cc2ccccc2)c1.I. The maximum atomic E-state index is 4.45. The summed E-state index contributed by atoms with van der Waals surface area (Å²) in [4.78, 5) is 4.31. The smallest absolute Gasteiger partial charge is 0.191 e. The lowest BCUT2D eigenvalue weighted by atomic mass is 9.97. The van der Waals surface area contributed by atoms with E-state index < -0.39 is 0 Å². The van der Waals surface area contributed by atoms with Crippen molar-refractivity contribution in [2.45, 2.75) is 45.2 Å². The molecule has 1 aliphatic carbocycles. The van der Waals surface area contributed by atoms with Crippen LogP contribution in [0.25, 0.3) is 0 Å². The summed E-state index contributed by atoms with van der Waals surface area (Å²) in [6, 6.07) is 10.4. The molecule has 0 spiro atoms. The molecule has 2 aromatic rings. The Kier molecular flexibility index (Phi) is 9.38. The van der Waals surface area contributed by atoms with Gasteiger partial charge in [0.2, 0.25) is 0 Å². The minimum Gasteiger partial charge on any atom is -0.356 e. The van der Waals surface area contributed by atoms with E-state index >= 15 is 0 Å². The average molecular weight is 479 g/mol. The fraction of sp³-hybridized carbons (Fsp3) is 0.429. The van der Waals surface area contributed by atoms with Crippen LogP contribution in [0.15, 0.2) is 59.4 Å². The molecule has 0 atom stereocenters. The molecule has 0 saturated heterocycles. The molecule has 6 heteroatoms. The summed E-state index contributed by atoms with van der Waals surface area (Å²) in [5.41, 5.74) is 3.99. The van der Waals surface area contributed by atoms with Crippen molar-refractivity contribution in [2.75, 3.05) is 13.6 Å². The number of hydrogen-bond donors (Lipinski definition) is 2. The summed E-state index contributed by atoms with van der Waals surface area (Å²) in [7, 11) is 1.81. The highest BCUT2D eigenvalue weighted by atomic mass is 127. The number of benzene rings is 1. The van der Waals surface area contributed by atoms with Crippen molar-refractivity contribution in [3.8, 4) is 0 Å². The highest BCUT2D eigenvalue weighted by Crippen LogP contribution is 2.19. The van der Waals surface area contributed by atoms with E-state index in [1.54, 1.807) is 5.57 Å². The van der Waals surface area contributed by atoms with Gasteiger partial charge in [0.25, 0.3) is 0 Å². The Hall–Kier alpha value is -1.83. The number of guanidine groups is 1. The molecule has 0 bridgehead atoms. The van der Waals surface area contributed by atoms with E-state index in [4.69, 9.17) is 0 Å². The Morgan fingerprint density at radius 2 is 2.00 bits per heavy atom. The van der Waals surface area contributed by atoms with Gasteiger partial charge in [-0.1, -0.05) is 42.0 Å². The monoisotopic (exact) mass is 479 g/mol. The number of allylic oxidation sites excluding steroid dienone is 1. The third-order valence-electron chi connectivity index (χ3n) is 4.68. The summed E-state index contributed by atoms with van der Waals surface area (Å²) in [5, 5.41) is 11.2. The van der Waals surface area contributed by atoms with Gasteiger partial charge in [-0.3, -0.25) is 9.67 Å². The molecule has 1 aromatic carbocycles. The van der Waals surface area contributed by atoms with Crippen molar-refractivity contribution in [3.05, 3.63) is 65.5 Å². The summed E-state index contributed by atoms with van der Waals surface area (Å²) in [6.07, 6.45) is 12.7. The third kappa shape index (κ3) is 7.36. The molecule has 0 saturated carbocycles. The molecule has 1 aromatic heterocycles. The van der Waals surface area contributed by atoms with Crippen LogP contribution in [0.3, 0.4) is 0 Å². The van der Waals surface area contributed by atoms with E-state index in [1.807, 2.05) is 24.0 Å². The highest BCUT2D eigenvalue weighted by molar-refractivity contribution is 14.0. The minimum atomic E-state index is 0. The van der Waals surface area contributed by atoms with Gasteiger partial charge in [-0.2, -0.15) is 5.10 Å². The molecule has 0 amide bonds. The Bertz CT molecular complexity index is 736. The highest BCUT2D eigenvalue weighted by Gasteiger charge is 2.05. The normalized spacial score (nSPS) is 14.3. The van der Waals surface area contributed by atoms with E-state index in [-0.39, 0.29) is 24.0 Å². The quantitative estimate of drug-likeness (QED) is 0.272. The van der Waals surface area contributed by atoms with E-state index in [2.05, 4.69) is 57.3 Å². The van der Waals surface area contributed by atoms with Crippen LogP contribution in [0.2, 0.25) is 0 Å². The molecule has 1 heterocycles. The molecule has 1 aliphatic rings. The van der Waals surface area contributed by atoms with Gasteiger partial charge < -0.3 is 10.6 Å². The Morgan fingerprint density at radius 1 is 1.15 bits per heavy atom. The number of halogens is 1. The topological polar surface area (TPSA) is 54.2 Å². The average Bonchev–Trinajstić information content (AvgIpc) is 3.13. The number of nitrogens with one attached hydrogen (secondary N) is 2. The van der Waals surface area contributed by atoms with Crippen LogP contribution in [-0.4, -0.2) is 29.3 Å². The van der Waals surface area contributed by atoms with Gasteiger partial charge in [-0.05, 0) is 37.7 Å². The van der Waals surface area contributed by atoms with Crippen molar-refractivity contribution in [2.24, 2.45) is 4.99 Å².